The molecule has 2 N–H and O–H groups in total. The number of carboxylic acid groups (broad SMARTS) is 1. The minimum Gasteiger partial charge on any atom is -0.542 e. The second kappa shape index (κ2) is 3.85. The van der Waals surface area contributed by atoms with Gasteiger partial charge < -0.3 is 15.6 Å². The molecule has 0 atom stereocenters. The molecule has 0 bridgehead atoms. The summed E-state index contributed by atoms with van der Waals surface area (Å²) in [6.07, 6.45) is 0. The summed E-state index contributed by atoms with van der Waals surface area (Å²) < 4.78 is 0. The minimum absolute atomic E-state index is 0.0590. The molecule has 1 rings (SSSR count). The lowest BCUT2D eigenvalue weighted by molar-refractivity contribution is -0.255. The molecule has 1 aromatic rings. The predicted octanol–water partition coefficient (Wildman–Crippen LogP) is -1.18. The van der Waals surface area contributed by atoms with Gasteiger partial charge in [-0.05, 0) is 5.92 Å². The number of nitrogens with zero attached hydrogens (tertiary/aromatic N) is 1. The Hall–Kier alpha value is -1.38. The van der Waals surface area contributed by atoms with Crippen LogP contribution in [0.15, 0.2) is 5.38 Å². The van der Waals surface area contributed by atoms with Gasteiger partial charge in [0.05, 0.1) is 6.54 Å². The van der Waals surface area contributed by atoms with Crippen LogP contribution < -0.4 is 10.8 Å². The van der Waals surface area contributed by atoms with E-state index in [1.807, 2.05) is 0 Å². The van der Waals surface area contributed by atoms with Crippen LogP contribution >= 0.6 is 11.3 Å². The van der Waals surface area contributed by atoms with E-state index in [1.165, 1.54) is 0 Å². The molecule has 0 aromatic carbocycles. The Morgan fingerprint density at radius 2 is 2.58 bits per heavy atom. The van der Waals surface area contributed by atoms with E-state index >= 15 is 0 Å². The van der Waals surface area contributed by atoms with Crippen LogP contribution in [0.2, 0.25) is 0 Å². The lowest BCUT2D eigenvalue weighted by Crippen LogP contribution is -2.21. The second-order valence-electron chi connectivity index (χ2n) is 1.83. The summed E-state index contributed by atoms with van der Waals surface area (Å²) in [4.78, 5) is 13.9. The molecular weight excluding hydrogens is 176 g/mol. The molecule has 0 saturated heterocycles. The van der Waals surface area contributed by atoms with E-state index in [1.54, 1.807) is 5.38 Å². The number of carboxylic acids is 1. The highest BCUT2D eigenvalue weighted by atomic mass is 32.1. The van der Waals surface area contributed by atoms with Crippen LogP contribution in [0.5, 0.6) is 0 Å². The van der Waals surface area contributed by atoms with Gasteiger partial charge in [0, 0.05) is 5.38 Å². The number of carbonyl (C=O) groups excluding carboxylic acids is 1. The Morgan fingerprint density at radius 3 is 3.08 bits per heavy atom. The van der Waals surface area contributed by atoms with Crippen molar-refractivity contribution in [1.82, 2.24) is 4.98 Å². The SMILES string of the molecule is NCC#Cc1csc(C(=O)[O-])n1. The number of aromatic nitrogens is 1. The average molecular weight is 181 g/mol. The maximum Gasteiger partial charge on any atom is 0.140 e. The highest BCUT2D eigenvalue weighted by molar-refractivity contribution is 7.11. The van der Waals surface area contributed by atoms with Crippen molar-refractivity contribution in [2.75, 3.05) is 6.54 Å². The first-order valence-electron chi connectivity index (χ1n) is 3.10. The topological polar surface area (TPSA) is 79.0 Å². The first-order valence-corrected chi connectivity index (χ1v) is 3.98. The van der Waals surface area contributed by atoms with Crippen molar-refractivity contribution in [2.24, 2.45) is 5.73 Å². The number of nitrogens with two attached hydrogens (primary N) is 1. The predicted molar refractivity (Wildman–Crippen MR) is 42.4 cm³/mol. The zero-order valence-electron chi connectivity index (χ0n) is 6.03. The summed E-state index contributed by atoms with van der Waals surface area (Å²) >= 11 is 0.992. The molecule has 0 fully saturated rings. The standard InChI is InChI=1S/C7H6N2O2S/c8-3-1-2-5-4-12-6(9-5)7(10)11/h4H,3,8H2,(H,10,11)/p-1. The fraction of sp³-hybridized carbons (Fsp3) is 0.143. The van der Waals surface area contributed by atoms with Gasteiger partial charge in [0.25, 0.3) is 0 Å². The van der Waals surface area contributed by atoms with Gasteiger partial charge in [0.15, 0.2) is 0 Å². The molecule has 0 unspecified atom stereocenters. The summed E-state index contributed by atoms with van der Waals surface area (Å²) in [5, 5.41) is 11.7. The van der Waals surface area contributed by atoms with Crippen molar-refractivity contribution in [1.29, 1.82) is 0 Å². The van der Waals surface area contributed by atoms with E-state index in [2.05, 4.69) is 16.8 Å². The Balaban J connectivity index is 2.84. The van der Waals surface area contributed by atoms with Gasteiger partial charge in [-0.2, -0.15) is 0 Å². The average Bonchev–Trinajstić information content (AvgIpc) is 2.48. The molecule has 0 aliphatic carbocycles. The Labute approximate surface area is 73.0 Å². The molecule has 5 heteroatoms. The first-order chi connectivity index (χ1) is 5.74. The number of thiazole rings is 1. The maximum atomic E-state index is 10.3. The van der Waals surface area contributed by atoms with Crippen molar-refractivity contribution in [3.63, 3.8) is 0 Å². The molecule has 0 aliphatic heterocycles. The van der Waals surface area contributed by atoms with E-state index in [0.29, 0.717) is 5.69 Å². The smallest absolute Gasteiger partial charge is 0.140 e. The maximum absolute atomic E-state index is 10.3. The van der Waals surface area contributed by atoms with Crippen LogP contribution in [0.25, 0.3) is 0 Å². The van der Waals surface area contributed by atoms with Crippen LogP contribution in [0.4, 0.5) is 0 Å². The van der Waals surface area contributed by atoms with Crippen molar-refractivity contribution >= 4 is 17.3 Å². The molecular formula is C7H5N2O2S-. The number of carbonyl (C=O) groups is 1. The lowest BCUT2D eigenvalue weighted by Gasteiger charge is -1.90. The van der Waals surface area contributed by atoms with Crippen molar-refractivity contribution in [2.45, 2.75) is 0 Å². The quantitative estimate of drug-likeness (QED) is 0.553. The zero-order valence-corrected chi connectivity index (χ0v) is 6.85. The third-order valence-electron chi connectivity index (χ3n) is 0.997. The van der Waals surface area contributed by atoms with Gasteiger partial charge in [0.1, 0.15) is 16.7 Å². The van der Waals surface area contributed by atoms with Gasteiger partial charge in [-0.25, -0.2) is 4.98 Å². The molecule has 1 aromatic heterocycles. The van der Waals surface area contributed by atoms with Gasteiger partial charge in [-0.15, -0.1) is 11.3 Å². The summed E-state index contributed by atoms with van der Waals surface area (Å²) in [6.45, 7) is 0.234. The fourth-order valence-electron chi connectivity index (χ4n) is 0.566. The van der Waals surface area contributed by atoms with E-state index in [-0.39, 0.29) is 11.6 Å². The molecule has 62 valence electrons. The lowest BCUT2D eigenvalue weighted by atomic mass is 10.5. The van der Waals surface area contributed by atoms with E-state index in [9.17, 15) is 9.90 Å². The third kappa shape index (κ3) is 2.05. The van der Waals surface area contributed by atoms with Crippen LogP contribution in [-0.2, 0) is 0 Å². The van der Waals surface area contributed by atoms with E-state index in [0.717, 1.165) is 11.3 Å². The monoisotopic (exact) mass is 181 g/mol. The highest BCUT2D eigenvalue weighted by Gasteiger charge is 1.98. The Kier molecular flexibility index (Phi) is 2.80. The van der Waals surface area contributed by atoms with E-state index in [4.69, 9.17) is 5.73 Å². The molecule has 0 saturated carbocycles. The Morgan fingerprint density at radius 1 is 1.83 bits per heavy atom. The van der Waals surface area contributed by atoms with Crippen LogP contribution in [0.1, 0.15) is 15.5 Å². The van der Waals surface area contributed by atoms with Gasteiger partial charge in [-0.3, -0.25) is 0 Å². The summed E-state index contributed by atoms with van der Waals surface area (Å²) in [5.41, 5.74) is 5.54. The van der Waals surface area contributed by atoms with E-state index < -0.39 is 5.97 Å². The molecule has 0 amide bonds. The van der Waals surface area contributed by atoms with Crippen molar-refractivity contribution < 1.29 is 9.90 Å². The zero-order chi connectivity index (χ0) is 8.97. The van der Waals surface area contributed by atoms with Gasteiger partial charge >= 0.3 is 0 Å². The molecule has 12 heavy (non-hydrogen) atoms. The molecule has 0 spiro atoms. The van der Waals surface area contributed by atoms with Crippen LogP contribution in [-0.4, -0.2) is 17.5 Å². The minimum atomic E-state index is -1.28. The first kappa shape index (κ1) is 8.71. The second-order valence-corrected chi connectivity index (χ2v) is 2.69. The van der Waals surface area contributed by atoms with Gasteiger partial charge in [-0.1, -0.05) is 5.92 Å². The van der Waals surface area contributed by atoms with Crippen LogP contribution in [0.3, 0.4) is 0 Å². The summed E-state index contributed by atoms with van der Waals surface area (Å²) in [5.74, 6) is 3.90. The summed E-state index contributed by atoms with van der Waals surface area (Å²) in [7, 11) is 0. The number of rotatable bonds is 1. The highest BCUT2D eigenvalue weighted by Crippen LogP contribution is 2.06. The third-order valence-corrected chi connectivity index (χ3v) is 1.82. The Bertz CT molecular complexity index is 348. The number of aromatic carboxylic acids is 1. The van der Waals surface area contributed by atoms with Crippen molar-refractivity contribution in [3.8, 4) is 11.8 Å². The van der Waals surface area contributed by atoms with Crippen LogP contribution in [0, 0.1) is 11.8 Å². The van der Waals surface area contributed by atoms with Crippen molar-refractivity contribution in [3.05, 3.63) is 16.1 Å². The number of hydrogen-bond donors (Lipinski definition) is 1. The molecule has 0 radical (unpaired) electrons. The van der Waals surface area contributed by atoms with Gasteiger partial charge in [0.2, 0.25) is 0 Å². The normalized spacial score (nSPS) is 8.75. The number of hydrogen-bond acceptors (Lipinski definition) is 5. The molecule has 0 aliphatic rings. The summed E-state index contributed by atoms with van der Waals surface area (Å²) in [6, 6.07) is 0. The fourth-order valence-corrected chi connectivity index (χ4v) is 1.15. The molecule has 1 heterocycles. The molecule has 4 nitrogen and oxygen atoms in total. The largest absolute Gasteiger partial charge is 0.542 e.